The van der Waals surface area contributed by atoms with Crippen molar-refractivity contribution in [3.63, 3.8) is 0 Å². The molecule has 0 aromatic heterocycles. The Bertz CT molecular complexity index is 301. The van der Waals surface area contributed by atoms with Crippen molar-refractivity contribution in [2.75, 3.05) is 6.54 Å². The second kappa shape index (κ2) is 5.15. The average molecular weight is 157 g/mol. The molecular formula is C11H11N. The van der Waals surface area contributed by atoms with Gasteiger partial charge in [0.15, 0.2) is 0 Å². The van der Waals surface area contributed by atoms with Crippen molar-refractivity contribution in [3.05, 3.63) is 35.9 Å². The van der Waals surface area contributed by atoms with Gasteiger partial charge < -0.3 is 0 Å². The van der Waals surface area contributed by atoms with Gasteiger partial charge in [0.25, 0.3) is 0 Å². The van der Waals surface area contributed by atoms with Crippen LogP contribution in [0.5, 0.6) is 0 Å². The summed E-state index contributed by atoms with van der Waals surface area (Å²) in [6, 6.07) is 10.0. The molecule has 0 saturated carbocycles. The van der Waals surface area contributed by atoms with Crippen LogP contribution in [0.25, 0.3) is 0 Å². The average Bonchev–Trinajstić information content (AvgIpc) is 2.14. The van der Waals surface area contributed by atoms with Crippen molar-refractivity contribution in [2.45, 2.75) is 6.92 Å². The third-order valence-corrected chi connectivity index (χ3v) is 1.39. The molecular weight excluding hydrogens is 146 g/mol. The van der Waals surface area contributed by atoms with Crippen LogP contribution in [0.15, 0.2) is 35.3 Å². The zero-order chi connectivity index (χ0) is 8.65. The van der Waals surface area contributed by atoms with Crippen LogP contribution in [0, 0.1) is 11.8 Å². The van der Waals surface area contributed by atoms with Crippen molar-refractivity contribution in [1.29, 1.82) is 0 Å². The lowest BCUT2D eigenvalue weighted by molar-refractivity contribution is 1.30. The Hall–Kier alpha value is -1.55. The lowest BCUT2D eigenvalue weighted by Gasteiger charge is -1.88. The summed E-state index contributed by atoms with van der Waals surface area (Å²) in [5.41, 5.74) is 1.12. The number of benzene rings is 1. The van der Waals surface area contributed by atoms with Crippen LogP contribution in [-0.2, 0) is 0 Å². The summed E-state index contributed by atoms with van der Waals surface area (Å²) in [6.45, 7) is 2.41. The van der Waals surface area contributed by atoms with Crippen LogP contribution in [0.1, 0.15) is 12.5 Å². The standard InChI is InChI=1S/C11H11N/c1-2-3-9-12-10-11-7-5-4-6-8-11/h4-8,10H,9H2,1H3. The second-order valence-electron chi connectivity index (χ2n) is 2.31. The minimum absolute atomic E-state index is 0.589. The van der Waals surface area contributed by atoms with Crippen LogP contribution in [-0.4, -0.2) is 12.8 Å². The normalized spacial score (nSPS) is 9.42. The quantitative estimate of drug-likeness (QED) is 0.460. The largest absolute Gasteiger partial charge is 0.280 e. The minimum Gasteiger partial charge on any atom is -0.280 e. The Morgan fingerprint density at radius 3 is 2.75 bits per heavy atom. The molecule has 0 N–H and O–H groups in total. The van der Waals surface area contributed by atoms with E-state index in [1.165, 1.54) is 0 Å². The van der Waals surface area contributed by atoms with Crippen molar-refractivity contribution in [3.8, 4) is 11.8 Å². The van der Waals surface area contributed by atoms with E-state index < -0.39 is 0 Å². The van der Waals surface area contributed by atoms with Gasteiger partial charge in [0.1, 0.15) is 0 Å². The lowest BCUT2D eigenvalue weighted by Crippen LogP contribution is -1.80. The molecule has 1 aromatic carbocycles. The molecule has 0 amide bonds. The zero-order valence-electron chi connectivity index (χ0n) is 7.12. The summed E-state index contributed by atoms with van der Waals surface area (Å²) in [5.74, 6) is 5.66. The molecule has 0 atom stereocenters. The summed E-state index contributed by atoms with van der Waals surface area (Å²) in [5, 5.41) is 0. The molecule has 60 valence electrons. The maximum absolute atomic E-state index is 4.13. The molecule has 1 aromatic rings. The molecule has 1 heteroatoms. The minimum atomic E-state index is 0.589. The first-order chi connectivity index (χ1) is 5.93. The molecule has 12 heavy (non-hydrogen) atoms. The van der Waals surface area contributed by atoms with Gasteiger partial charge in [-0.1, -0.05) is 36.3 Å². The Kier molecular flexibility index (Phi) is 3.67. The number of hydrogen-bond donors (Lipinski definition) is 0. The van der Waals surface area contributed by atoms with Gasteiger partial charge in [-0.05, 0) is 12.5 Å². The maximum Gasteiger partial charge on any atom is 0.0997 e. The second-order valence-corrected chi connectivity index (χ2v) is 2.31. The molecule has 1 nitrogen and oxygen atoms in total. The summed E-state index contributed by atoms with van der Waals surface area (Å²) >= 11 is 0. The van der Waals surface area contributed by atoms with Crippen LogP contribution in [0.2, 0.25) is 0 Å². The van der Waals surface area contributed by atoms with Crippen molar-refractivity contribution in [2.24, 2.45) is 4.99 Å². The number of rotatable bonds is 2. The van der Waals surface area contributed by atoms with Gasteiger partial charge in [-0.15, -0.1) is 5.92 Å². The first kappa shape index (κ1) is 8.55. The summed E-state index contributed by atoms with van der Waals surface area (Å²) in [6.07, 6.45) is 1.84. The molecule has 0 bridgehead atoms. The summed E-state index contributed by atoms with van der Waals surface area (Å²) in [4.78, 5) is 4.13. The van der Waals surface area contributed by atoms with Crippen LogP contribution in [0.3, 0.4) is 0 Å². The van der Waals surface area contributed by atoms with Crippen LogP contribution in [0.4, 0.5) is 0 Å². The van der Waals surface area contributed by atoms with E-state index in [1.807, 2.05) is 43.5 Å². The van der Waals surface area contributed by atoms with E-state index in [-0.39, 0.29) is 0 Å². The summed E-state index contributed by atoms with van der Waals surface area (Å²) < 4.78 is 0. The number of hydrogen-bond acceptors (Lipinski definition) is 1. The van der Waals surface area contributed by atoms with E-state index in [0.717, 1.165) is 5.56 Å². The van der Waals surface area contributed by atoms with Crippen molar-refractivity contribution in [1.82, 2.24) is 0 Å². The fraction of sp³-hybridized carbons (Fsp3) is 0.182. The van der Waals surface area contributed by atoms with Crippen LogP contribution >= 0.6 is 0 Å². The Morgan fingerprint density at radius 2 is 2.08 bits per heavy atom. The molecule has 0 radical (unpaired) electrons. The van der Waals surface area contributed by atoms with E-state index in [0.29, 0.717) is 6.54 Å². The molecule has 0 saturated heterocycles. The SMILES string of the molecule is CC#CCN=Cc1ccccc1. The summed E-state index contributed by atoms with van der Waals surface area (Å²) in [7, 11) is 0. The van der Waals surface area contributed by atoms with Gasteiger partial charge in [-0.2, -0.15) is 0 Å². The molecule has 0 aliphatic rings. The molecule has 0 aliphatic heterocycles. The lowest BCUT2D eigenvalue weighted by atomic mass is 10.2. The third kappa shape index (κ3) is 3.03. The van der Waals surface area contributed by atoms with E-state index in [1.54, 1.807) is 0 Å². The van der Waals surface area contributed by atoms with Gasteiger partial charge in [0, 0.05) is 6.21 Å². The molecule has 0 unspecified atom stereocenters. The van der Waals surface area contributed by atoms with Gasteiger partial charge in [-0.25, -0.2) is 0 Å². The smallest absolute Gasteiger partial charge is 0.0997 e. The zero-order valence-corrected chi connectivity index (χ0v) is 7.12. The highest BCUT2D eigenvalue weighted by Crippen LogP contribution is 1.93. The molecule has 0 spiro atoms. The Labute approximate surface area is 73.2 Å². The molecule has 0 heterocycles. The van der Waals surface area contributed by atoms with Crippen molar-refractivity contribution < 1.29 is 0 Å². The van der Waals surface area contributed by atoms with E-state index in [4.69, 9.17) is 0 Å². The van der Waals surface area contributed by atoms with Gasteiger partial charge in [0.05, 0.1) is 6.54 Å². The third-order valence-electron chi connectivity index (χ3n) is 1.39. The Balaban J connectivity index is 2.50. The van der Waals surface area contributed by atoms with Gasteiger partial charge in [-0.3, -0.25) is 4.99 Å². The fourth-order valence-electron chi connectivity index (χ4n) is 0.815. The molecule has 1 rings (SSSR count). The van der Waals surface area contributed by atoms with Crippen LogP contribution < -0.4 is 0 Å². The number of aliphatic imine (C=N–C) groups is 1. The van der Waals surface area contributed by atoms with E-state index >= 15 is 0 Å². The predicted molar refractivity (Wildman–Crippen MR) is 52.4 cm³/mol. The molecule has 0 aliphatic carbocycles. The highest BCUT2D eigenvalue weighted by atomic mass is 14.7. The monoisotopic (exact) mass is 157 g/mol. The number of nitrogens with zero attached hydrogens (tertiary/aromatic N) is 1. The van der Waals surface area contributed by atoms with E-state index in [2.05, 4.69) is 16.8 Å². The van der Waals surface area contributed by atoms with Gasteiger partial charge >= 0.3 is 0 Å². The highest BCUT2D eigenvalue weighted by molar-refractivity contribution is 5.79. The maximum atomic E-state index is 4.13. The highest BCUT2D eigenvalue weighted by Gasteiger charge is 1.80. The predicted octanol–water partition coefficient (Wildman–Crippen LogP) is 2.13. The van der Waals surface area contributed by atoms with Crippen molar-refractivity contribution >= 4 is 6.21 Å². The van der Waals surface area contributed by atoms with E-state index in [9.17, 15) is 0 Å². The van der Waals surface area contributed by atoms with Gasteiger partial charge in [0.2, 0.25) is 0 Å². The first-order valence-corrected chi connectivity index (χ1v) is 3.88. The topological polar surface area (TPSA) is 12.4 Å². The molecule has 0 fully saturated rings. The Morgan fingerprint density at radius 1 is 1.33 bits per heavy atom. The fourth-order valence-corrected chi connectivity index (χ4v) is 0.815. The first-order valence-electron chi connectivity index (χ1n) is 3.88.